The largest absolute Gasteiger partial charge is 0.372 e. The monoisotopic (exact) mass is 236 g/mol. The predicted octanol–water partition coefficient (Wildman–Crippen LogP) is 1.74. The van der Waals surface area contributed by atoms with Gasteiger partial charge in [-0.15, -0.1) is 12.3 Å². The molecule has 0 radical (unpaired) electrons. The van der Waals surface area contributed by atoms with E-state index in [4.69, 9.17) is 6.42 Å². The summed E-state index contributed by atoms with van der Waals surface area (Å²) in [5.41, 5.74) is 0. The van der Waals surface area contributed by atoms with Gasteiger partial charge in [-0.3, -0.25) is 0 Å². The van der Waals surface area contributed by atoms with Crippen LogP contribution in [0.1, 0.15) is 6.42 Å². The van der Waals surface area contributed by atoms with Crippen molar-refractivity contribution in [1.82, 2.24) is 9.38 Å². The van der Waals surface area contributed by atoms with Crippen molar-refractivity contribution in [2.24, 2.45) is 0 Å². The van der Waals surface area contributed by atoms with E-state index in [2.05, 4.69) is 16.2 Å². The molecule has 0 fully saturated rings. The molecule has 0 saturated carbocycles. The molecule has 1 N–H and O–H groups in total. The molecule has 2 heterocycles. The highest BCUT2D eigenvalue weighted by Crippen LogP contribution is 2.27. The van der Waals surface area contributed by atoms with Crippen molar-refractivity contribution in [1.29, 1.82) is 0 Å². The Morgan fingerprint density at radius 2 is 2.56 bits per heavy atom. The van der Waals surface area contributed by atoms with Gasteiger partial charge in [0.25, 0.3) is 4.96 Å². The van der Waals surface area contributed by atoms with E-state index in [1.165, 1.54) is 15.7 Å². The smallest absolute Gasteiger partial charge is 0.362 e. The van der Waals surface area contributed by atoms with E-state index in [9.17, 15) is 10.1 Å². The van der Waals surface area contributed by atoms with E-state index in [1.807, 2.05) is 0 Å². The average Bonchev–Trinajstić information content (AvgIpc) is 2.76. The first-order chi connectivity index (χ1) is 7.74. The van der Waals surface area contributed by atoms with Crippen molar-refractivity contribution in [3.05, 3.63) is 21.7 Å². The second-order valence-corrected chi connectivity index (χ2v) is 3.85. The summed E-state index contributed by atoms with van der Waals surface area (Å²) >= 11 is 1.35. The minimum absolute atomic E-state index is 0.0479. The number of imidazole rings is 1. The maximum absolute atomic E-state index is 10.9. The van der Waals surface area contributed by atoms with Crippen LogP contribution in [0.15, 0.2) is 11.6 Å². The Kier molecular flexibility index (Phi) is 2.74. The number of terminal acetylenes is 1. The lowest BCUT2D eigenvalue weighted by Gasteiger charge is -1.99. The number of rotatable bonds is 4. The summed E-state index contributed by atoms with van der Waals surface area (Å²) in [6.45, 7) is 0.474. The molecule has 0 saturated heterocycles. The zero-order chi connectivity index (χ0) is 11.5. The third-order valence-electron chi connectivity index (χ3n) is 1.97. The normalized spacial score (nSPS) is 10.2. The molecule has 0 spiro atoms. The standard InChI is InChI=1S/C9H8N4O2S/c1-2-3-4-10-7-8(13(14)15)12-5-6-16-9(12)11-7/h1,5-6,10H,3-4H2. The van der Waals surface area contributed by atoms with Crippen LogP contribution in [0.2, 0.25) is 0 Å². The minimum atomic E-state index is -0.453. The Morgan fingerprint density at radius 3 is 3.25 bits per heavy atom. The van der Waals surface area contributed by atoms with E-state index in [0.717, 1.165) is 0 Å². The van der Waals surface area contributed by atoms with Gasteiger partial charge in [0.2, 0.25) is 5.82 Å². The van der Waals surface area contributed by atoms with Crippen LogP contribution >= 0.6 is 11.3 Å². The van der Waals surface area contributed by atoms with E-state index in [0.29, 0.717) is 17.9 Å². The second kappa shape index (κ2) is 4.20. The van der Waals surface area contributed by atoms with Crippen molar-refractivity contribution in [3.63, 3.8) is 0 Å². The first kappa shape index (κ1) is 10.4. The third-order valence-corrected chi connectivity index (χ3v) is 2.73. The molecule has 0 aliphatic carbocycles. The van der Waals surface area contributed by atoms with Crippen LogP contribution in [-0.4, -0.2) is 20.9 Å². The fourth-order valence-electron chi connectivity index (χ4n) is 1.32. The Hall–Kier alpha value is -2.07. The van der Waals surface area contributed by atoms with Gasteiger partial charge in [0, 0.05) is 18.3 Å². The van der Waals surface area contributed by atoms with E-state index < -0.39 is 4.92 Å². The van der Waals surface area contributed by atoms with Crippen molar-refractivity contribution < 1.29 is 4.92 Å². The molecular formula is C9H8N4O2S. The van der Waals surface area contributed by atoms with Crippen LogP contribution in [-0.2, 0) is 0 Å². The highest BCUT2D eigenvalue weighted by atomic mass is 32.1. The Balaban J connectivity index is 2.36. The quantitative estimate of drug-likeness (QED) is 0.380. The molecular weight excluding hydrogens is 228 g/mol. The van der Waals surface area contributed by atoms with Gasteiger partial charge >= 0.3 is 5.82 Å². The summed E-state index contributed by atoms with van der Waals surface area (Å²) in [5, 5.41) is 15.5. The fourth-order valence-corrected chi connectivity index (χ4v) is 2.03. The zero-order valence-corrected chi connectivity index (χ0v) is 9.03. The number of thiazole rings is 1. The topological polar surface area (TPSA) is 72.5 Å². The molecule has 6 nitrogen and oxygen atoms in total. The number of nitro groups is 1. The molecule has 0 amide bonds. The summed E-state index contributed by atoms with van der Waals surface area (Å²) in [7, 11) is 0. The highest BCUT2D eigenvalue weighted by molar-refractivity contribution is 7.15. The van der Waals surface area contributed by atoms with Crippen LogP contribution in [0.3, 0.4) is 0 Å². The van der Waals surface area contributed by atoms with Gasteiger partial charge in [-0.2, -0.15) is 9.38 Å². The summed E-state index contributed by atoms with van der Waals surface area (Å²) in [5.74, 6) is 2.67. The molecule has 0 aromatic carbocycles. The van der Waals surface area contributed by atoms with Crippen molar-refractivity contribution in [2.75, 3.05) is 11.9 Å². The van der Waals surface area contributed by atoms with Gasteiger partial charge < -0.3 is 15.4 Å². The Bertz CT molecular complexity index is 566. The third kappa shape index (κ3) is 1.70. The SMILES string of the molecule is C#CCCNc1nc2sccn2c1[N+](=O)[O-]. The molecule has 0 atom stereocenters. The average molecular weight is 236 g/mol. The molecule has 0 bridgehead atoms. The number of nitrogens with zero attached hydrogens (tertiary/aromatic N) is 3. The number of fused-ring (bicyclic) bond motifs is 1. The highest BCUT2D eigenvalue weighted by Gasteiger charge is 2.22. The number of anilines is 1. The Morgan fingerprint density at radius 1 is 1.75 bits per heavy atom. The van der Waals surface area contributed by atoms with Crippen LogP contribution in [0, 0.1) is 22.5 Å². The maximum Gasteiger partial charge on any atom is 0.372 e. The van der Waals surface area contributed by atoms with E-state index >= 15 is 0 Å². The summed E-state index contributed by atoms with van der Waals surface area (Å²) < 4.78 is 1.45. The molecule has 7 heteroatoms. The minimum Gasteiger partial charge on any atom is -0.362 e. The summed E-state index contributed by atoms with van der Waals surface area (Å²) in [6, 6.07) is 0. The Labute approximate surface area is 95.1 Å². The zero-order valence-electron chi connectivity index (χ0n) is 8.21. The molecule has 2 aromatic heterocycles. The predicted molar refractivity (Wildman–Crippen MR) is 61.7 cm³/mol. The maximum atomic E-state index is 10.9. The first-order valence-corrected chi connectivity index (χ1v) is 5.39. The molecule has 0 unspecified atom stereocenters. The van der Waals surface area contributed by atoms with Crippen molar-refractivity contribution in [2.45, 2.75) is 6.42 Å². The number of nitrogens with one attached hydrogen (secondary N) is 1. The summed E-state index contributed by atoms with van der Waals surface area (Å²) in [6.07, 6.45) is 7.22. The fraction of sp³-hybridized carbons (Fsp3) is 0.222. The van der Waals surface area contributed by atoms with Crippen molar-refractivity contribution >= 4 is 27.9 Å². The molecule has 0 aliphatic heterocycles. The molecule has 2 aromatic rings. The van der Waals surface area contributed by atoms with Gasteiger partial charge in [-0.05, 0) is 4.92 Å². The van der Waals surface area contributed by atoms with Crippen LogP contribution in [0.25, 0.3) is 4.96 Å². The molecule has 82 valence electrons. The van der Waals surface area contributed by atoms with Gasteiger partial charge in [-0.1, -0.05) is 11.3 Å². The number of aromatic nitrogens is 2. The molecule has 2 rings (SSSR count). The van der Waals surface area contributed by atoms with Gasteiger partial charge in [0.1, 0.15) is 6.20 Å². The molecule has 16 heavy (non-hydrogen) atoms. The van der Waals surface area contributed by atoms with Crippen LogP contribution < -0.4 is 5.32 Å². The van der Waals surface area contributed by atoms with E-state index in [-0.39, 0.29) is 11.6 Å². The van der Waals surface area contributed by atoms with Crippen LogP contribution in [0.4, 0.5) is 11.6 Å². The van der Waals surface area contributed by atoms with Gasteiger partial charge in [-0.25, -0.2) is 0 Å². The van der Waals surface area contributed by atoms with E-state index in [1.54, 1.807) is 11.6 Å². The number of hydrogen-bond acceptors (Lipinski definition) is 5. The lowest BCUT2D eigenvalue weighted by Crippen LogP contribution is -2.04. The van der Waals surface area contributed by atoms with Crippen LogP contribution in [0.5, 0.6) is 0 Å². The lowest BCUT2D eigenvalue weighted by atomic mass is 10.4. The van der Waals surface area contributed by atoms with Crippen molar-refractivity contribution in [3.8, 4) is 12.3 Å². The lowest BCUT2D eigenvalue weighted by molar-refractivity contribution is -0.389. The summed E-state index contributed by atoms with van der Waals surface area (Å²) in [4.78, 5) is 15.2. The number of hydrogen-bond donors (Lipinski definition) is 1. The van der Waals surface area contributed by atoms with Gasteiger partial charge in [0.15, 0.2) is 0 Å². The first-order valence-electron chi connectivity index (χ1n) is 4.51. The molecule has 0 aliphatic rings. The van der Waals surface area contributed by atoms with Gasteiger partial charge in [0.05, 0.1) is 0 Å². The second-order valence-electron chi connectivity index (χ2n) is 2.98.